The molecule has 0 fully saturated rings. The Labute approximate surface area is 136 Å². The van der Waals surface area contributed by atoms with Gasteiger partial charge in [0.05, 0.1) is 12.1 Å². The van der Waals surface area contributed by atoms with Gasteiger partial charge in [0.1, 0.15) is 17.4 Å². The lowest BCUT2D eigenvalue weighted by molar-refractivity contribution is -0.115. The van der Waals surface area contributed by atoms with Crippen molar-refractivity contribution < 1.29 is 18.7 Å². The number of amides is 1. The third kappa shape index (κ3) is 3.57. The summed E-state index contributed by atoms with van der Waals surface area (Å²) < 4.78 is 26.1. The van der Waals surface area contributed by atoms with Gasteiger partial charge in [0.2, 0.25) is 5.91 Å². The molecule has 0 aliphatic rings. The molecule has 1 heterocycles. The maximum atomic E-state index is 13.3. The maximum absolute atomic E-state index is 13.3. The first-order valence-electron chi connectivity index (χ1n) is 7.10. The van der Waals surface area contributed by atoms with Crippen molar-refractivity contribution in [1.29, 1.82) is 0 Å². The summed E-state index contributed by atoms with van der Waals surface area (Å²) in [7, 11) is 0. The molecule has 24 heavy (non-hydrogen) atoms. The quantitative estimate of drug-likeness (QED) is 0.687. The topological polar surface area (TPSA) is 78.0 Å². The third-order valence-electron chi connectivity index (χ3n) is 3.37. The fourth-order valence-corrected chi connectivity index (χ4v) is 2.22. The van der Waals surface area contributed by atoms with E-state index in [1.54, 1.807) is 0 Å². The molecule has 0 unspecified atom stereocenters. The van der Waals surface area contributed by atoms with Crippen molar-refractivity contribution in [2.24, 2.45) is 0 Å². The Morgan fingerprint density at radius 1 is 1.08 bits per heavy atom. The molecule has 0 saturated carbocycles. The zero-order valence-electron chi connectivity index (χ0n) is 12.4. The lowest BCUT2D eigenvalue weighted by Crippen LogP contribution is -2.14. The van der Waals surface area contributed by atoms with Crippen LogP contribution in [-0.4, -0.2) is 21.2 Å². The number of halogens is 2. The van der Waals surface area contributed by atoms with Gasteiger partial charge in [-0.1, -0.05) is 12.1 Å². The molecule has 3 aromatic rings. The van der Waals surface area contributed by atoms with Crippen molar-refractivity contribution >= 4 is 11.7 Å². The SMILES string of the molecule is O=C(Cc1ccc(F)cc1)Nc1cc(-c2cc(F)ccc2O)[nH]n1. The average Bonchev–Trinajstić information content (AvgIpc) is 3.00. The minimum atomic E-state index is -0.501. The van der Waals surface area contributed by atoms with Crippen LogP contribution in [0.3, 0.4) is 0 Å². The lowest BCUT2D eigenvalue weighted by Gasteiger charge is -2.02. The van der Waals surface area contributed by atoms with Crippen LogP contribution >= 0.6 is 0 Å². The number of nitrogens with one attached hydrogen (secondary N) is 2. The molecular weight excluding hydrogens is 316 g/mol. The lowest BCUT2D eigenvalue weighted by atomic mass is 10.1. The van der Waals surface area contributed by atoms with Crippen LogP contribution in [0.2, 0.25) is 0 Å². The number of aromatic amines is 1. The minimum absolute atomic E-state index is 0.0632. The molecule has 122 valence electrons. The summed E-state index contributed by atoms with van der Waals surface area (Å²) in [6.45, 7) is 0. The summed E-state index contributed by atoms with van der Waals surface area (Å²) in [4.78, 5) is 12.0. The van der Waals surface area contributed by atoms with E-state index in [1.165, 1.54) is 36.4 Å². The average molecular weight is 329 g/mol. The van der Waals surface area contributed by atoms with E-state index in [1.807, 2.05) is 0 Å². The summed E-state index contributed by atoms with van der Waals surface area (Å²) in [6.07, 6.45) is 0.0632. The highest BCUT2D eigenvalue weighted by Gasteiger charge is 2.11. The van der Waals surface area contributed by atoms with Gasteiger partial charge in [0.15, 0.2) is 5.82 Å². The van der Waals surface area contributed by atoms with E-state index in [-0.39, 0.29) is 35.3 Å². The normalized spacial score (nSPS) is 10.6. The molecule has 0 radical (unpaired) electrons. The number of benzene rings is 2. The van der Waals surface area contributed by atoms with Gasteiger partial charge in [-0.3, -0.25) is 9.89 Å². The van der Waals surface area contributed by atoms with Gasteiger partial charge in [0, 0.05) is 11.6 Å². The van der Waals surface area contributed by atoms with Crippen molar-refractivity contribution in [3.05, 3.63) is 65.7 Å². The smallest absolute Gasteiger partial charge is 0.229 e. The first kappa shape index (κ1) is 15.7. The number of nitrogens with zero attached hydrogens (tertiary/aromatic N) is 1. The van der Waals surface area contributed by atoms with Gasteiger partial charge in [-0.2, -0.15) is 5.10 Å². The fraction of sp³-hybridized carbons (Fsp3) is 0.0588. The molecule has 1 amide bonds. The van der Waals surface area contributed by atoms with Crippen LogP contribution in [0.5, 0.6) is 5.75 Å². The third-order valence-corrected chi connectivity index (χ3v) is 3.37. The molecule has 0 atom stereocenters. The van der Waals surface area contributed by atoms with Crippen LogP contribution in [-0.2, 0) is 11.2 Å². The predicted molar refractivity (Wildman–Crippen MR) is 84.4 cm³/mol. The van der Waals surface area contributed by atoms with Gasteiger partial charge < -0.3 is 10.4 Å². The van der Waals surface area contributed by atoms with Crippen molar-refractivity contribution in [1.82, 2.24) is 10.2 Å². The second kappa shape index (κ2) is 6.49. The highest BCUT2D eigenvalue weighted by Crippen LogP contribution is 2.29. The van der Waals surface area contributed by atoms with Crippen molar-refractivity contribution in [3.8, 4) is 17.0 Å². The van der Waals surface area contributed by atoms with E-state index in [0.717, 1.165) is 12.1 Å². The first-order chi connectivity index (χ1) is 11.5. The molecule has 0 saturated heterocycles. The number of phenolic OH excluding ortho intramolecular Hbond substituents is 1. The Hall–Kier alpha value is -3.22. The van der Waals surface area contributed by atoms with E-state index >= 15 is 0 Å². The Morgan fingerprint density at radius 2 is 1.79 bits per heavy atom. The second-order valence-corrected chi connectivity index (χ2v) is 5.18. The highest BCUT2D eigenvalue weighted by atomic mass is 19.1. The monoisotopic (exact) mass is 329 g/mol. The molecule has 0 spiro atoms. The Morgan fingerprint density at radius 3 is 2.54 bits per heavy atom. The molecule has 0 aliphatic carbocycles. The zero-order valence-corrected chi connectivity index (χ0v) is 12.4. The van der Waals surface area contributed by atoms with Crippen LogP contribution in [0.4, 0.5) is 14.6 Å². The molecule has 7 heteroatoms. The van der Waals surface area contributed by atoms with E-state index < -0.39 is 5.82 Å². The van der Waals surface area contributed by atoms with E-state index in [9.17, 15) is 18.7 Å². The number of aromatic nitrogens is 2. The van der Waals surface area contributed by atoms with Crippen LogP contribution in [0.15, 0.2) is 48.5 Å². The summed E-state index contributed by atoms with van der Waals surface area (Å²) >= 11 is 0. The molecule has 3 rings (SSSR count). The van der Waals surface area contributed by atoms with Gasteiger partial charge in [-0.15, -0.1) is 0 Å². The predicted octanol–water partition coefficient (Wildman–Crippen LogP) is 3.24. The van der Waals surface area contributed by atoms with Crippen LogP contribution in [0, 0.1) is 11.6 Å². The largest absolute Gasteiger partial charge is 0.507 e. The Kier molecular flexibility index (Phi) is 4.24. The number of carbonyl (C=O) groups is 1. The molecule has 3 N–H and O–H groups in total. The number of carbonyl (C=O) groups excluding carboxylic acids is 1. The first-order valence-corrected chi connectivity index (χ1v) is 7.10. The number of rotatable bonds is 4. The fourth-order valence-electron chi connectivity index (χ4n) is 2.22. The molecule has 1 aromatic heterocycles. The molecule has 0 bridgehead atoms. The number of phenols is 1. The highest BCUT2D eigenvalue weighted by molar-refractivity contribution is 5.92. The van der Waals surface area contributed by atoms with Gasteiger partial charge in [-0.25, -0.2) is 8.78 Å². The summed E-state index contributed by atoms with van der Waals surface area (Å²) in [5.74, 6) is -1.07. The minimum Gasteiger partial charge on any atom is -0.507 e. The number of aromatic hydroxyl groups is 1. The maximum Gasteiger partial charge on any atom is 0.229 e. The summed E-state index contributed by atoms with van der Waals surface area (Å²) in [5.41, 5.74) is 1.26. The van der Waals surface area contributed by atoms with Crippen molar-refractivity contribution in [3.63, 3.8) is 0 Å². The van der Waals surface area contributed by atoms with E-state index in [4.69, 9.17) is 0 Å². The zero-order chi connectivity index (χ0) is 17.1. The molecular formula is C17H13F2N3O2. The number of anilines is 1. The molecule has 5 nitrogen and oxygen atoms in total. The van der Waals surface area contributed by atoms with Crippen LogP contribution < -0.4 is 5.32 Å². The van der Waals surface area contributed by atoms with Gasteiger partial charge in [-0.05, 0) is 35.9 Å². The van der Waals surface area contributed by atoms with Crippen molar-refractivity contribution in [2.75, 3.05) is 5.32 Å². The van der Waals surface area contributed by atoms with Crippen LogP contribution in [0.25, 0.3) is 11.3 Å². The number of hydrogen-bond acceptors (Lipinski definition) is 3. The van der Waals surface area contributed by atoms with Gasteiger partial charge >= 0.3 is 0 Å². The Balaban J connectivity index is 1.70. The summed E-state index contributed by atoms with van der Waals surface area (Å²) in [6, 6.07) is 10.6. The summed E-state index contributed by atoms with van der Waals surface area (Å²) in [5, 5.41) is 18.9. The number of hydrogen-bond donors (Lipinski definition) is 3. The second-order valence-electron chi connectivity index (χ2n) is 5.18. The van der Waals surface area contributed by atoms with E-state index in [0.29, 0.717) is 11.3 Å². The number of H-pyrrole nitrogens is 1. The Bertz CT molecular complexity index is 876. The molecule has 2 aromatic carbocycles. The standard InChI is InChI=1S/C17H13F2N3O2/c18-11-3-1-10(2-4-11)7-17(24)20-16-9-14(21-22-16)13-8-12(19)5-6-15(13)23/h1-6,8-9,23H,7H2,(H2,20,21,22,24). The molecule has 0 aliphatic heterocycles. The van der Waals surface area contributed by atoms with Crippen LogP contribution in [0.1, 0.15) is 5.56 Å². The van der Waals surface area contributed by atoms with Gasteiger partial charge in [0.25, 0.3) is 0 Å². The van der Waals surface area contributed by atoms with E-state index in [2.05, 4.69) is 15.5 Å². The van der Waals surface area contributed by atoms with Crippen molar-refractivity contribution in [2.45, 2.75) is 6.42 Å².